The maximum atomic E-state index is 6.02. The van der Waals surface area contributed by atoms with Crippen LogP contribution in [0.5, 0.6) is 0 Å². The third-order valence-electron chi connectivity index (χ3n) is 2.73. The Labute approximate surface area is 115 Å². The van der Waals surface area contributed by atoms with E-state index in [0.29, 0.717) is 21.5 Å². The van der Waals surface area contributed by atoms with Gasteiger partial charge in [0.15, 0.2) is 0 Å². The molecule has 1 nitrogen and oxygen atoms in total. The van der Waals surface area contributed by atoms with Crippen LogP contribution in [0.25, 0.3) is 0 Å². The van der Waals surface area contributed by atoms with E-state index in [0.717, 1.165) is 12.8 Å². The topological polar surface area (TPSA) is 12.0 Å². The molecule has 0 bridgehead atoms. The van der Waals surface area contributed by atoms with Crippen LogP contribution in [0.1, 0.15) is 32.8 Å². The molecule has 1 atom stereocenters. The number of likely N-dealkylation sites (N-methyl/N-ethyl adjacent to an activating group) is 1. The summed E-state index contributed by atoms with van der Waals surface area (Å²) in [5.74, 6) is 0. The van der Waals surface area contributed by atoms with Crippen molar-refractivity contribution in [1.29, 1.82) is 0 Å². The Morgan fingerprint density at radius 2 is 1.82 bits per heavy atom. The van der Waals surface area contributed by atoms with E-state index in [1.807, 2.05) is 25.2 Å². The van der Waals surface area contributed by atoms with Crippen molar-refractivity contribution in [2.45, 2.75) is 39.7 Å². The number of nitrogens with one attached hydrogen (secondary N) is 1. The van der Waals surface area contributed by atoms with Crippen LogP contribution in [0.2, 0.25) is 10.0 Å². The fraction of sp³-hybridized carbons (Fsp3) is 0.571. The van der Waals surface area contributed by atoms with E-state index in [4.69, 9.17) is 23.2 Å². The van der Waals surface area contributed by atoms with E-state index >= 15 is 0 Å². The van der Waals surface area contributed by atoms with Crippen molar-refractivity contribution in [2.75, 3.05) is 7.05 Å². The average molecular weight is 274 g/mol. The molecule has 96 valence electrons. The summed E-state index contributed by atoms with van der Waals surface area (Å²) in [6.45, 7) is 6.77. The largest absolute Gasteiger partial charge is 0.317 e. The van der Waals surface area contributed by atoms with Crippen molar-refractivity contribution >= 4 is 23.2 Å². The van der Waals surface area contributed by atoms with E-state index < -0.39 is 0 Å². The maximum absolute atomic E-state index is 6.02. The number of hydrogen-bond donors (Lipinski definition) is 1. The molecule has 1 unspecified atom stereocenters. The fourth-order valence-corrected chi connectivity index (χ4v) is 2.29. The Kier molecular flexibility index (Phi) is 5.30. The summed E-state index contributed by atoms with van der Waals surface area (Å²) in [5.41, 5.74) is 1.55. The highest BCUT2D eigenvalue weighted by Crippen LogP contribution is 2.26. The molecular weight excluding hydrogens is 253 g/mol. The molecule has 0 heterocycles. The summed E-state index contributed by atoms with van der Waals surface area (Å²) in [6, 6.07) is 6.33. The molecule has 0 aromatic heterocycles. The minimum atomic E-state index is 0.323. The van der Waals surface area contributed by atoms with Gasteiger partial charge in [-0.15, -0.1) is 0 Å². The van der Waals surface area contributed by atoms with Crippen molar-refractivity contribution in [3.05, 3.63) is 33.8 Å². The van der Waals surface area contributed by atoms with Gasteiger partial charge in [-0.2, -0.15) is 0 Å². The SMILES string of the molecule is CNC(Cc1ccc(Cl)c(Cl)c1)CC(C)(C)C. The lowest BCUT2D eigenvalue weighted by Crippen LogP contribution is -2.32. The average Bonchev–Trinajstić information content (AvgIpc) is 2.20. The van der Waals surface area contributed by atoms with Crippen molar-refractivity contribution in [3.8, 4) is 0 Å². The molecule has 3 heteroatoms. The Morgan fingerprint density at radius 3 is 2.29 bits per heavy atom. The second-order valence-electron chi connectivity index (χ2n) is 5.70. The van der Waals surface area contributed by atoms with Crippen LogP contribution in [0.3, 0.4) is 0 Å². The monoisotopic (exact) mass is 273 g/mol. The molecule has 0 aliphatic rings. The summed E-state index contributed by atoms with van der Waals surface area (Å²) in [6.07, 6.45) is 2.11. The van der Waals surface area contributed by atoms with Crippen molar-refractivity contribution in [2.24, 2.45) is 5.41 Å². The minimum absolute atomic E-state index is 0.323. The number of benzene rings is 1. The summed E-state index contributed by atoms with van der Waals surface area (Å²) >= 11 is 11.9. The van der Waals surface area contributed by atoms with Crippen LogP contribution in [-0.4, -0.2) is 13.1 Å². The first kappa shape index (κ1) is 14.8. The van der Waals surface area contributed by atoms with Gasteiger partial charge in [0.25, 0.3) is 0 Å². The molecule has 1 rings (SSSR count). The lowest BCUT2D eigenvalue weighted by atomic mass is 9.86. The molecule has 0 radical (unpaired) electrons. The van der Waals surface area contributed by atoms with Gasteiger partial charge in [-0.05, 0) is 43.0 Å². The predicted octanol–water partition coefficient (Wildman–Crippen LogP) is 4.56. The second kappa shape index (κ2) is 6.08. The van der Waals surface area contributed by atoms with Gasteiger partial charge in [0, 0.05) is 6.04 Å². The summed E-state index contributed by atoms with van der Waals surface area (Å²) < 4.78 is 0. The normalized spacial score (nSPS) is 13.8. The molecule has 17 heavy (non-hydrogen) atoms. The van der Waals surface area contributed by atoms with Crippen LogP contribution < -0.4 is 5.32 Å². The molecule has 0 aliphatic carbocycles. The zero-order chi connectivity index (χ0) is 13.1. The van der Waals surface area contributed by atoms with E-state index in [1.54, 1.807) is 0 Å². The Bertz CT molecular complexity index is 369. The Morgan fingerprint density at radius 1 is 1.18 bits per heavy atom. The maximum Gasteiger partial charge on any atom is 0.0595 e. The van der Waals surface area contributed by atoms with Crippen molar-refractivity contribution in [3.63, 3.8) is 0 Å². The number of halogens is 2. The fourth-order valence-electron chi connectivity index (χ4n) is 1.97. The van der Waals surface area contributed by atoms with Crippen LogP contribution in [0, 0.1) is 5.41 Å². The van der Waals surface area contributed by atoms with E-state index in [1.165, 1.54) is 5.56 Å². The Hall–Kier alpha value is -0.240. The molecule has 0 saturated heterocycles. The zero-order valence-corrected chi connectivity index (χ0v) is 12.5. The van der Waals surface area contributed by atoms with Gasteiger partial charge in [-0.3, -0.25) is 0 Å². The first-order valence-corrected chi connectivity index (χ1v) is 6.68. The van der Waals surface area contributed by atoms with Gasteiger partial charge < -0.3 is 5.32 Å². The highest BCUT2D eigenvalue weighted by Gasteiger charge is 2.17. The summed E-state index contributed by atoms with van der Waals surface area (Å²) in [7, 11) is 2.01. The van der Waals surface area contributed by atoms with E-state index in [9.17, 15) is 0 Å². The summed E-state index contributed by atoms with van der Waals surface area (Å²) in [4.78, 5) is 0. The van der Waals surface area contributed by atoms with Gasteiger partial charge in [0.05, 0.1) is 10.0 Å². The van der Waals surface area contributed by atoms with Gasteiger partial charge in [0.2, 0.25) is 0 Å². The summed E-state index contributed by atoms with van der Waals surface area (Å²) in [5, 5.41) is 4.62. The standard InChI is InChI=1S/C14H21Cl2N/c1-14(2,3)9-11(17-4)7-10-5-6-12(15)13(16)8-10/h5-6,8,11,17H,7,9H2,1-4H3. The smallest absolute Gasteiger partial charge is 0.0595 e. The third kappa shape index (κ3) is 5.29. The van der Waals surface area contributed by atoms with E-state index in [2.05, 4.69) is 26.1 Å². The lowest BCUT2D eigenvalue weighted by molar-refractivity contribution is 0.316. The van der Waals surface area contributed by atoms with Crippen LogP contribution in [-0.2, 0) is 6.42 Å². The molecule has 1 aromatic carbocycles. The van der Waals surface area contributed by atoms with Gasteiger partial charge in [-0.25, -0.2) is 0 Å². The zero-order valence-electron chi connectivity index (χ0n) is 11.0. The molecular formula is C14H21Cl2N. The first-order chi connectivity index (χ1) is 7.81. The van der Waals surface area contributed by atoms with Gasteiger partial charge in [-0.1, -0.05) is 50.0 Å². The molecule has 0 fully saturated rings. The lowest BCUT2D eigenvalue weighted by Gasteiger charge is -2.26. The minimum Gasteiger partial charge on any atom is -0.317 e. The predicted molar refractivity (Wildman–Crippen MR) is 77.1 cm³/mol. The Balaban J connectivity index is 2.70. The molecule has 1 N–H and O–H groups in total. The number of hydrogen-bond acceptors (Lipinski definition) is 1. The molecule has 1 aromatic rings. The van der Waals surface area contributed by atoms with Crippen molar-refractivity contribution < 1.29 is 0 Å². The second-order valence-corrected chi connectivity index (χ2v) is 6.52. The molecule has 0 amide bonds. The van der Waals surface area contributed by atoms with Crippen LogP contribution in [0.4, 0.5) is 0 Å². The van der Waals surface area contributed by atoms with E-state index in [-0.39, 0.29) is 0 Å². The highest BCUT2D eigenvalue weighted by molar-refractivity contribution is 6.42. The first-order valence-electron chi connectivity index (χ1n) is 5.93. The van der Waals surface area contributed by atoms with Gasteiger partial charge in [0.1, 0.15) is 0 Å². The van der Waals surface area contributed by atoms with Crippen LogP contribution in [0.15, 0.2) is 18.2 Å². The number of rotatable bonds is 4. The molecule has 0 aliphatic heterocycles. The van der Waals surface area contributed by atoms with Gasteiger partial charge >= 0.3 is 0 Å². The highest BCUT2D eigenvalue weighted by atomic mass is 35.5. The quantitative estimate of drug-likeness (QED) is 0.848. The van der Waals surface area contributed by atoms with Crippen molar-refractivity contribution in [1.82, 2.24) is 5.32 Å². The third-order valence-corrected chi connectivity index (χ3v) is 3.47. The molecule has 0 saturated carbocycles. The molecule has 0 spiro atoms. The van der Waals surface area contributed by atoms with Crippen LogP contribution >= 0.6 is 23.2 Å².